The first-order chi connectivity index (χ1) is 9.97. The molecule has 1 aromatic rings. The Kier molecular flexibility index (Phi) is 6.85. The number of benzene rings is 1. The first-order valence-electron chi connectivity index (χ1n) is 6.78. The Bertz CT molecular complexity index is 629. The fraction of sp³-hybridized carbons (Fsp3) is 0.467. The molecule has 2 N–H and O–H groups in total. The Morgan fingerprint density at radius 3 is 2.57 bits per heavy atom. The fourth-order valence-electron chi connectivity index (χ4n) is 1.94. The summed E-state index contributed by atoms with van der Waals surface area (Å²) in [6.07, 6.45) is 0.385. The number of sulfonamides is 1. The molecule has 0 aromatic heterocycles. The van der Waals surface area contributed by atoms with E-state index < -0.39 is 10.0 Å². The summed E-state index contributed by atoms with van der Waals surface area (Å²) in [6, 6.07) is 4.94. The number of aliphatic hydroxyl groups is 2. The van der Waals surface area contributed by atoms with Crippen LogP contribution >= 0.6 is 0 Å². The van der Waals surface area contributed by atoms with Gasteiger partial charge in [0.05, 0.1) is 4.90 Å². The minimum absolute atomic E-state index is 0.0584. The lowest BCUT2D eigenvalue weighted by atomic mass is 10.1. The van der Waals surface area contributed by atoms with Gasteiger partial charge in [-0.3, -0.25) is 0 Å². The average Bonchev–Trinajstić information content (AvgIpc) is 2.45. The van der Waals surface area contributed by atoms with Crippen molar-refractivity contribution in [3.05, 3.63) is 29.3 Å². The van der Waals surface area contributed by atoms with E-state index in [0.29, 0.717) is 18.5 Å². The maximum Gasteiger partial charge on any atom is 0.244 e. The predicted molar refractivity (Wildman–Crippen MR) is 81.3 cm³/mol. The largest absolute Gasteiger partial charge is 0.396 e. The van der Waals surface area contributed by atoms with Crippen molar-refractivity contribution in [2.75, 3.05) is 26.3 Å². The van der Waals surface area contributed by atoms with Crippen molar-refractivity contribution in [1.82, 2.24) is 4.31 Å². The normalized spacial score (nSPS) is 11.3. The van der Waals surface area contributed by atoms with Gasteiger partial charge in [0.2, 0.25) is 10.0 Å². The van der Waals surface area contributed by atoms with E-state index in [0.717, 1.165) is 5.56 Å². The van der Waals surface area contributed by atoms with Crippen LogP contribution in [0, 0.1) is 18.8 Å². The van der Waals surface area contributed by atoms with Crippen molar-refractivity contribution in [2.24, 2.45) is 0 Å². The first kappa shape index (κ1) is 17.7. The molecule has 0 unspecified atom stereocenters. The van der Waals surface area contributed by atoms with Gasteiger partial charge in [-0.25, -0.2) is 8.42 Å². The molecule has 0 saturated carbocycles. The molecule has 0 spiro atoms. The molecule has 0 aliphatic heterocycles. The zero-order valence-electron chi connectivity index (χ0n) is 12.3. The lowest BCUT2D eigenvalue weighted by Gasteiger charge is -2.21. The summed E-state index contributed by atoms with van der Waals surface area (Å²) in [7, 11) is -3.66. The third kappa shape index (κ3) is 4.55. The zero-order chi connectivity index (χ0) is 15.9. The topological polar surface area (TPSA) is 77.8 Å². The van der Waals surface area contributed by atoms with E-state index in [9.17, 15) is 8.42 Å². The number of hydrogen-bond acceptors (Lipinski definition) is 4. The minimum atomic E-state index is -3.66. The van der Waals surface area contributed by atoms with Crippen LogP contribution < -0.4 is 0 Å². The van der Waals surface area contributed by atoms with Crippen molar-refractivity contribution in [2.45, 2.75) is 25.2 Å². The second kappa shape index (κ2) is 8.15. The van der Waals surface area contributed by atoms with Gasteiger partial charge in [0.25, 0.3) is 0 Å². The van der Waals surface area contributed by atoms with Gasteiger partial charge in [-0.1, -0.05) is 24.8 Å². The summed E-state index contributed by atoms with van der Waals surface area (Å²) in [6.45, 7) is 3.80. The Morgan fingerprint density at radius 1 is 1.29 bits per heavy atom. The van der Waals surface area contributed by atoms with Gasteiger partial charge >= 0.3 is 0 Å². The van der Waals surface area contributed by atoms with Crippen molar-refractivity contribution < 1.29 is 18.6 Å². The van der Waals surface area contributed by atoms with Crippen LogP contribution in [0.15, 0.2) is 23.1 Å². The molecule has 21 heavy (non-hydrogen) atoms. The first-order valence-corrected chi connectivity index (χ1v) is 8.22. The van der Waals surface area contributed by atoms with Crippen LogP contribution in [0.1, 0.15) is 24.5 Å². The van der Waals surface area contributed by atoms with Crippen LogP contribution in [0.3, 0.4) is 0 Å². The number of aliphatic hydroxyl groups excluding tert-OH is 2. The molecule has 1 rings (SSSR count). The Labute approximate surface area is 126 Å². The van der Waals surface area contributed by atoms with Gasteiger partial charge in [0.1, 0.15) is 6.61 Å². The van der Waals surface area contributed by atoms with E-state index in [1.54, 1.807) is 19.1 Å². The Morgan fingerprint density at radius 2 is 2.00 bits per heavy atom. The lowest BCUT2D eigenvalue weighted by Crippen LogP contribution is -2.32. The second-order valence-electron chi connectivity index (χ2n) is 4.53. The highest BCUT2D eigenvalue weighted by molar-refractivity contribution is 7.89. The average molecular weight is 311 g/mol. The number of hydrogen-bond donors (Lipinski definition) is 2. The van der Waals surface area contributed by atoms with Crippen molar-refractivity contribution in [3.63, 3.8) is 0 Å². The highest BCUT2D eigenvalue weighted by Gasteiger charge is 2.25. The van der Waals surface area contributed by atoms with E-state index in [1.165, 1.54) is 10.4 Å². The van der Waals surface area contributed by atoms with Crippen LogP contribution in [0.5, 0.6) is 0 Å². The maximum absolute atomic E-state index is 12.7. The molecule has 5 nitrogen and oxygen atoms in total. The summed E-state index contributed by atoms with van der Waals surface area (Å²) >= 11 is 0. The van der Waals surface area contributed by atoms with E-state index in [2.05, 4.69) is 11.8 Å². The highest BCUT2D eigenvalue weighted by atomic mass is 32.2. The third-order valence-corrected chi connectivity index (χ3v) is 5.01. The molecule has 116 valence electrons. The van der Waals surface area contributed by atoms with Crippen molar-refractivity contribution in [1.29, 1.82) is 0 Å². The molecule has 0 atom stereocenters. The van der Waals surface area contributed by atoms with Crippen LogP contribution in [0.4, 0.5) is 0 Å². The molecule has 0 amide bonds. The van der Waals surface area contributed by atoms with Gasteiger partial charge in [0, 0.05) is 25.3 Å². The smallest absolute Gasteiger partial charge is 0.244 e. The van der Waals surface area contributed by atoms with Crippen molar-refractivity contribution in [3.8, 4) is 11.8 Å². The van der Waals surface area contributed by atoms with Crippen LogP contribution in [0.2, 0.25) is 0 Å². The molecule has 0 aliphatic carbocycles. The maximum atomic E-state index is 12.7. The van der Waals surface area contributed by atoms with E-state index in [1.807, 2.05) is 6.92 Å². The quantitative estimate of drug-likeness (QED) is 0.759. The summed E-state index contributed by atoms with van der Waals surface area (Å²) in [4.78, 5) is 0.133. The Balaban J connectivity index is 3.29. The van der Waals surface area contributed by atoms with Crippen LogP contribution in [-0.2, 0) is 10.0 Å². The molecule has 0 aliphatic rings. The molecular weight excluding hydrogens is 290 g/mol. The second-order valence-corrected chi connectivity index (χ2v) is 6.44. The lowest BCUT2D eigenvalue weighted by molar-refractivity contribution is 0.271. The summed E-state index contributed by atoms with van der Waals surface area (Å²) in [5.41, 5.74) is 1.28. The fourth-order valence-corrected chi connectivity index (χ4v) is 3.55. The summed E-state index contributed by atoms with van der Waals surface area (Å²) < 4.78 is 26.7. The van der Waals surface area contributed by atoms with Gasteiger partial charge in [-0.05, 0) is 31.0 Å². The monoisotopic (exact) mass is 311 g/mol. The summed E-state index contributed by atoms with van der Waals surface area (Å²) in [5, 5.41) is 17.7. The van der Waals surface area contributed by atoms with Crippen LogP contribution in [-0.4, -0.2) is 49.2 Å². The van der Waals surface area contributed by atoms with Gasteiger partial charge in [-0.2, -0.15) is 4.31 Å². The zero-order valence-corrected chi connectivity index (χ0v) is 13.2. The molecule has 0 saturated heterocycles. The van der Waals surface area contributed by atoms with Gasteiger partial charge in [0.15, 0.2) is 0 Å². The van der Waals surface area contributed by atoms with Gasteiger partial charge < -0.3 is 10.2 Å². The third-order valence-electron chi connectivity index (χ3n) is 2.97. The predicted octanol–water partition coefficient (Wildman–Crippen LogP) is 0.732. The summed E-state index contributed by atoms with van der Waals surface area (Å²) in [5.74, 6) is 5.18. The number of aryl methyl sites for hydroxylation is 1. The highest BCUT2D eigenvalue weighted by Crippen LogP contribution is 2.21. The number of nitrogens with zero attached hydrogens (tertiary/aromatic N) is 1. The van der Waals surface area contributed by atoms with E-state index >= 15 is 0 Å². The molecule has 0 bridgehead atoms. The van der Waals surface area contributed by atoms with E-state index in [4.69, 9.17) is 10.2 Å². The van der Waals surface area contributed by atoms with Crippen LogP contribution in [0.25, 0.3) is 0 Å². The molecular formula is C15H21NO4S. The molecule has 1 aromatic carbocycles. The molecule has 6 heteroatoms. The molecule has 0 radical (unpaired) electrons. The minimum Gasteiger partial charge on any atom is -0.396 e. The standard InChI is InChI=1S/C15H21NO4S/c1-3-16(9-5-11-18)21(19,20)15-8-7-13(2)12-14(15)6-4-10-17/h7-8,12,17-18H,3,5,9-11H2,1-2H3. The van der Waals surface area contributed by atoms with E-state index in [-0.39, 0.29) is 24.7 Å². The van der Waals surface area contributed by atoms with Gasteiger partial charge in [-0.15, -0.1) is 0 Å². The molecule has 0 heterocycles. The Hall–Kier alpha value is -1.39. The number of rotatable bonds is 6. The van der Waals surface area contributed by atoms with Crippen molar-refractivity contribution >= 4 is 10.0 Å². The molecule has 0 fully saturated rings. The SMILES string of the molecule is CCN(CCCO)S(=O)(=O)c1ccc(C)cc1C#CCO.